The Morgan fingerprint density at radius 2 is 1.72 bits per heavy atom. The third-order valence-electron chi connectivity index (χ3n) is 5.45. The van der Waals surface area contributed by atoms with Crippen molar-refractivity contribution in [3.05, 3.63) is 41.2 Å². The van der Waals surface area contributed by atoms with Crippen LogP contribution in [-0.4, -0.2) is 70.5 Å². The summed E-state index contributed by atoms with van der Waals surface area (Å²) in [5.74, 6) is -0.599. The molecule has 0 spiro atoms. The zero-order valence-corrected chi connectivity index (χ0v) is 18.2. The summed E-state index contributed by atoms with van der Waals surface area (Å²) in [6.07, 6.45) is -4.45. The van der Waals surface area contributed by atoms with Crippen LogP contribution in [0.4, 0.5) is 18.9 Å². The van der Waals surface area contributed by atoms with E-state index in [1.807, 2.05) is 25.8 Å². The Morgan fingerprint density at radius 3 is 2.25 bits per heavy atom. The third-order valence-corrected chi connectivity index (χ3v) is 5.45. The number of hydrogen-bond donors (Lipinski definition) is 1. The SMILES string of the molecule is Cc1nn(C)c(C)c1CC(=O)N1CCN(CC(=O)Nc2ccc(OC(F)(F)F)cc2)CC1. The number of alkyl halides is 3. The lowest BCUT2D eigenvalue weighted by atomic mass is 10.1. The molecule has 174 valence electrons. The van der Waals surface area contributed by atoms with Crippen molar-refractivity contribution in [2.75, 3.05) is 38.0 Å². The third kappa shape index (κ3) is 6.22. The van der Waals surface area contributed by atoms with Crippen molar-refractivity contribution in [3.8, 4) is 5.75 Å². The molecule has 2 heterocycles. The molecule has 8 nitrogen and oxygen atoms in total. The van der Waals surface area contributed by atoms with Gasteiger partial charge in [0.25, 0.3) is 0 Å². The number of nitrogens with one attached hydrogen (secondary N) is 1. The number of amides is 2. The topological polar surface area (TPSA) is 79.7 Å². The fourth-order valence-corrected chi connectivity index (χ4v) is 3.64. The fourth-order valence-electron chi connectivity index (χ4n) is 3.64. The lowest BCUT2D eigenvalue weighted by Crippen LogP contribution is -2.50. The van der Waals surface area contributed by atoms with E-state index in [9.17, 15) is 22.8 Å². The van der Waals surface area contributed by atoms with Crippen molar-refractivity contribution in [3.63, 3.8) is 0 Å². The van der Waals surface area contributed by atoms with Crippen LogP contribution in [0.5, 0.6) is 5.75 Å². The highest BCUT2D eigenvalue weighted by Crippen LogP contribution is 2.24. The highest BCUT2D eigenvalue weighted by atomic mass is 19.4. The first-order valence-electron chi connectivity index (χ1n) is 10.2. The summed E-state index contributed by atoms with van der Waals surface area (Å²) in [6.45, 7) is 6.12. The summed E-state index contributed by atoms with van der Waals surface area (Å²) in [7, 11) is 1.85. The van der Waals surface area contributed by atoms with Gasteiger partial charge in [0.1, 0.15) is 5.75 Å². The molecule has 32 heavy (non-hydrogen) atoms. The van der Waals surface area contributed by atoms with Gasteiger partial charge in [-0.2, -0.15) is 5.10 Å². The summed E-state index contributed by atoms with van der Waals surface area (Å²) in [5, 5.41) is 7.00. The molecule has 0 radical (unpaired) electrons. The Balaban J connectivity index is 1.44. The van der Waals surface area contributed by atoms with Crippen LogP contribution < -0.4 is 10.1 Å². The highest BCUT2D eigenvalue weighted by Gasteiger charge is 2.31. The summed E-state index contributed by atoms with van der Waals surface area (Å²) >= 11 is 0. The molecule has 0 bridgehead atoms. The predicted octanol–water partition coefficient (Wildman–Crippen LogP) is 2.26. The van der Waals surface area contributed by atoms with Gasteiger partial charge in [-0.05, 0) is 38.1 Å². The first-order valence-corrected chi connectivity index (χ1v) is 10.2. The molecule has 1 aliphatic rings. The van der Waals surface area contributed by atoms with Crippen LogP contribution in [0.3, 0.4) is 0 Å². The first-order chi connectivity index (χ1) is 15.0. The van der Waals surface area contributed by atoms with Crippen LogP contribution in [0.1, 0.15) is 17.0 Å². The second-order valence-electron chi connectivity index (χ2n) is 7.73. The summed E-state index contributed by atoms with van der Waals surface area (Å²) in [4.78, 5) is 28.7. The van der Waals surface area contributed by atoms with Gasteiger partial charge in [-0.15, -0.1) is 13.2 Å². The van der Waals surface area contributed by atoms with E-state index in [1.54, 1.807) is 9.58 Å². The molecular formula is C21H26F3N5O3. The van der Waals surface area contributed by atoms with E-state index >= 15 is 0 Å². The molecule has 0 aliphatic carbocycles. The van der Waals surface area contributed by atoms with Gasteiger partial charge in [-0.25, -0.2) is 0 Å². The van der Waals surface area contributed by atoms with E-state index in [-0.39, 0.29) is 24.1 Å². The predicted molar refractivity (Wildman–Crippen MR) is 111 cm³/mol. The van der Waals surface area contributed by atoms with Gasteiger partial charge >= 0.3 is 6.36 Å². The number of anilines is 1. The second kappa shape index (κ2) is 9.60. The number of halogens is 3. The lowest BCUT2D eigenvalue weighted by molar-refractivity contribution is -0.274. The van der Waals surface area contributed by atoms with Crippen molar-refractivity contribution >= 4 is 17.5 Å². The van der Waals surface area contributed by atoms with Gasteiger partial charge in [0, 0.05) is 50.2 Å². The number of aryl methyl sites for hydroxylation is 2. The fraction of sp³-hybridized carbons (Fsp3) is 0.476. The van der Waals surface area contributed by atoms with Crippen LogP contribution in [0.15, 0.2) is 24.3 Å². The molecule has 11 heteroatoms. The van der Waals surface area contributed by atoms with Crippen LogP contribution in [0.25, 0.3) is 0 Å². The van der Waals surface area contributed by atoms with Crippen molar-refractivity contribution < 1.29 is 27.5 Å². The number of piperazine rings is 1. The quantitative estimate of drug-likeness (QED) is 0.726. The zero-order chi connectivity index (χ0) is 23.5. The summed E-state index contributed by atoms with van der Waals surface area (Å²) in [6, 6.07) is 4.97. The molecule has 0 unspecified atom stereocenters. The van der Waals surface area contributed by atoms with E-state index in [0.29, 0.717) is 38.3 Å². The maximum absolute atomic E-state index is 12.7. The van der Waals surface area contributed by atoms with Crippen molar-refractivity contribution in [1.82, 2.24) is 19.6 Å². The molecule has 1 saturated heterocycles. The van der Waals surface area contributed by atoms with Crippen LogP contribution in [0, 0.1) is 13.8 Å². The second-order valence-corrected chi connectivity index (χ2v) is 7.73. The monoisotopic (exact) mass is 453 g/mol. The summed E-state index contributed by atoms with van der Waals surface area (Å²) < 4.78 is 42.2. The number of rotatable bonds is 6. The molecule has 1 fully saturated rings. The molecular weight excluding hydrogens is 427 g/mol. The van der Waals surface area contributed by atoms with Gasteiger partial charge in [0.05, 0.1) is 18.7 Å². The molecule has 0 atom stereocenters. The van der Waals surface area contributed by atoms with E-state index < -0.39 is 6.36 Å². The van der Waals surface area contributed by atoms with Crippen molar-refractivity contribution in [1.29, 1.82) is 0 Å². The Bertz CT molecular complexity index is 964. The number of carbonyl (C=O) groups excluding carboxylic acids is 2. The summed E-state index contributed by atoms with van der Waals surface area (Å²) in [5.41, 5.74) is 3.15. The van der Waals surface area contributed by atoms with Gasteiger partial charge < -0.3 is 15.0 Å². The standard InChI is InChI=1S/C21H26F3N5O3/c1-14-18(15(2)27(3)26-14)12-20(31)29-10-8-28(9-11-29)13-19(30)25-16-4-6-17(7-5-16)32-21(22,23)24/h4-7H,8-13H2,1-3H3,(H,25,30). The number of aromatic nitrogens is 2. The maximum atomic E-state index is 12.7. The Morgan fingerprint density at radius 1 is 1.09 bits per heavy atom. The van der Waals surface area contributed by atoms with Gasteiger partial charge in [-0.1, -0.05) is 0 Å². The smallest absolute Gasteiger partial charge is 0.406 e. The Kier molecular flexibility index (Phi) is 7.07. The van der Waals surface area contributed by atoms with Gasteiger partial charge in [0.2, 0.25) is 11.8 Å². The Hall–Kier alpha value is -3.08. The minimum absolute atomic E-state index is 0.0365. The van der Waals surface area contributed by atoms with Gasteiger partial charge in [0.15, 0.2) is 0 Å². The zero-order valence-electron chi connectivity index (χ0n) is 18.2. The number of hydrogen-bond acceptors (Lipinski definition) is 5. The molecule has 1 aromatic carbocycles. The molecule has 2 aromatic rings. The van der Waals surface area contributed by atoms with E-state index in [0.717, 1.165) is 29.1 Å². The highest BCUT2D eigenvalue weighted by molar-refractivity contribution is 5.92. The first kappa shape index (κ1) is 23.6. The molecule has 3 rings (SSSR count). The minimum Gasteiger partial charge on any atom is -0.406 e. The lowest BCUT2D eigenvalue weighted by Gasteiger charge is -2.34. The van der Waals surface area contributed by atoms with Crippen molar-refractivity contribution in [2.45, 2.75) is 26.6 Å². The van der Waals surface area contributed by atoms with E-state index in [4.69, 9.17) is 0 Å². The van der Waals surface area contributed by atoms with Crippen LogP contribution in [0.2, 0.25) is 0 Å². The largest absolute Gasteiger partial charge is 0.573 e. The number of ether oxygens (including phenoxy) is 1. The number of carbonyl (C=O) groups is 2. The minimum atomic E-state index is -4.76. The average Bonchev–Trinajstić information content (AvgIpc) is 2.95. The van der Waals surface area contributed by atoms with E-state index in [1.165, 1.54) is 12.1 Å². The molecule has 1 aromatic heterocycles. The molecule has 0 saturated carbocycles. The molecule has 2 amide bonds. The number of benzene rings is 1. The molecule has 1 aliphatic heterocycles. The number of nitrogens with zero attached hydrogens (tertiary/aromatic N) is 4. The van der Waals surface area contributed by atoms with E-state index in [2.05, 4.69) is 15.2 Å². The average molecular weight is 453 g/mol. The Labute approximate surface area is 183 Å². The van der Waals surface area contributed by atoms with Gasteiger partial charge in [-0.3, -0.25) is 19.2 Å². The normalized spacial score (nSPS) is 15.0. The van der Waals surface area contributed by atoms with Crippen molar-refractivity contribution in [2.24, 2.45) is 7.05 Å². The maximum Gasteiger partial charge on any atom is 0.573 e. The molecule has 1 N–H and O–H groups in total. The van der Waals surface area contributed by atoms with Crippen LogP contribution in [-0.2, 0) is 23.1 Å². The van der Waals surface area contributed by atoms with Crippen LogP contribution >= 0.6 is 0 Å².